The highest BCUT2D eigenvalue weighted by Crippen LogP contribution is 2.18. The van der Waals surface area contributed by atoms with Crippen LogP contribution in [0.5, 0.6) is 5.75 Å². The van der Waals surface area contributed by atoms with E-state index < -0.39 is 0 Å². The number of carbonyl (C=O) groups excluding carboxylic acids is 1. The van der Waals surface area contributed by atoms with Gasteiger partial charge in [0.25, 0.3) is 0 Å². The van der Waals surface area contributed by atoms with Crippen LogP contribution in [-0.4, -0.2) is 5.91 Å². The summed E-state index contributed by atoms with van der Waals surface area (Å²) >= 11 is 0. The first-order valence-electron chi connectivity index (χ1n) is 6.86. The molecule has 2 rings (SSSR count). The number of hydrazine groups is 1. The topological polar surface area (TPSA) is 64.3 Å². The van der Waals surface area contributed by atoms with Gasteiger partial charge in [0.2, 0.25) is 5.91 Å². The Hall–Kier alpha value is -2.33. The smallest absolute Gasteiger partial charge is 0.238 e. The Bertz CT molecular complexity index is 621. The summed E-state index contributed by atoms with van der Waals surface area (Å²) < 4.78 is 5.77. The number of nitrogens with two attached hydrogens (primary N) is 1. The van der Waals surface area contributed by atoms with Gasteiger partial charge in [-0.25, -0.2) is 5.84 Å². The molecule has 0 bridgehead atoms. The lowest BCUT2D eigenvalue weighted by atomic mass is 10.1. The third-order valence-electron chi connectivity index (χ3n) is 3.43. The second kappa shape index (κ2) is 6.90. The van der Waals surface area contributed by atoms with Crippen LogP contribution in [0.1, 0.15) is 22.3 Å². The molecule has 0 spiro atoms. The summed E-state index contributed by atoms with van der Waals surface area (Å²) in [4.78, 5) is 11.2. The van der Waals surface area contributed by atoms with E-state index in [4.69, 9.17) is 10.6 Å². The van der Waals surface area contributed by atoms with Crippen molar-refractivity contribution in [3.8, 4) is 5.75 Å². The van der Waals surface area contributed by atoms with Crippen molar-refractivity contribution in [3.63, 3.8) is 0 Å². The molecular weight excluding hydrogens is 264 g/mol. The molecule has 0 fully saturated rings. The van der Waals surface area contributed by atoms with Crippen molar-refractivity contribution in [1.82, 2.24) is 5.43 Å². The van der Waals surface area contributed by atoms with Crippen LogP contribution in [0.15, 0.2) is 42.5 Å². The minimum Gasteiger partial charge on any atom is -0.489 e. The quantitative estimate of drug-likeness (QED) is 0.503. The van der Waals surface area contributed by atoms with Crippen molar-refractivity contribution in [2.24, 2.45) is 5.84 Å². The molecule has 2 aromatic rings. The van der Waals surface area contributed by atoms with E-state index in [9.17, 15) is 4.79 Å². The Labute approximate surface area is 124 Å². The molecule has 0 saturated heterocycles. The van der Waals surface area contributed by atoms with E-state index in [1.807, 2.05) is 36.4 Å². The SMILES string of the molecule is Cc1ccc(OCc2ccc(CC(=O)NN)cc2)cc1C. The third kappa shape index (κ3) is 4.33. The van der Waals surface area contributed by atoms with Gasteiger partial charge < -0.3 is 4.74 Å². The number of hydrogen-bond donors (Lipinski definition) is 2. The minimum absolute atomic E-state index is 0.200. The standard InChI is InChI=1S/C17H20N2O2/c1-12-3-8-16(9-13(12)2)21-11-15-6-4-14(5-7-15)10-17(20)19-18/h3-9H,10-11,18H2,1-2H3,(H,19,20). The average Bonchev–Trinajstić information content (AvgIpc) is 2.50. The number of aryl methyl sites for hydroxylation is 2. The van der Waals surface area contributed by atoms with E-state index in [1.54, 1.807) is 0 Å². The van der Waals surface area contributed by atoms with Crippen molar-refractivity contribution in [1.29, 1.82) is 0 Å². The predicted octanol–water partition coefficient (Wildman–Crippen LogP) is 2.41. The van der Waals surface area contributed by atoms with E-state index >= 15 is 0 Å². The summed E-state index contributed by atoms with van der Waals surface area (Å²) in [6, 6.07) is 13.8. The molecule has 4 nitrogen and oxygen atoms in total. The van der Waals surface area contributed by atoms with Gasteiger partial charge in [0.1, 0.15) is 12.4 Å². The van der Waals surface area contributed by atoms with E-state index in [1.165, 1.54) is 11.1 Å². The third-order valence-corrected chi connectivity index (χ3v) is 3.43. The lowest BCUT2D eigenvalue weighted by Gasteiger charge is -2.09. The summed E-state index contributed by atoms with van der Waals surface area (Å²) in [6.45, 7) is 4.65. The minimum atomic E-state index is -0.200. The van der Waals surface area contributed by atoms with Gasteiger partial charge in [0.15, 0.2) is 0 Å². The maximum Gasteiger partial charge on any atom is 0.238 e. The van der Waals surface area contributed by atoms with Gasteiger partial charge in [-0.1, -0.05) is 30.3 Å². The van der Waals surface area contributed by atoms with Crippen LogP contribution < -0.4 is 16.0 Å². The number of amides is 1. The van der Waals surface area contributed by atoms with Crippen LogP contribution in [0, 0.1) is 13.8 Å². The van der Waals surface area contributed by atoms with Gasteiger partial charge in [-0.15, -0.1) is 0 Å². The molecule has 0 aromatic heterocycles. The lowest BCUT2D eigenvalue weighted by Crippen LogP contribution is -2.31. The first kappa shape index (κ1) is 15.1. The molecule has 4 heteroatoms. The van der Waals surface area contributed by atoms with Crippen LogP contribution in [-0.2, 0) is 17.8 Å². The molecule has 0 saturated carbocycles. The highest BCUT2D eigenvalue weighted by Gasteiger charge is 2.02. The molecule has 0 unspecified atom stereocenters. The highest BCUT2D eigenvalue weighted by molar-refractivity contribution is 5.77. The Kier molecular flexibility index (Phi) is 4.95. The molecule has 3 N–H and O–H groups in total. The molecule has 0 atom stereocenters. The van der Waals surface area contributed by atoms with Crippen molar-refractivity contribution in [2.75, 3.05) is 0 Å². The maximum atomic E-state index is 11.2. The molecule has 0 aliphatic rings. The summed E-state index contributed by atoms with van der Waals surface area (Å²) in [6.07, 6.45) is 0.287. The van der Waals surface area contributed by atoms with E-state index in [0.29, 0.717) is 6.61 Å². The van der Waals surface area contributed by atoms with Crippen LogP contribution in [0.3, 0.4) is 0 Å². The zero-order valence-electron chi connectivity index (χ0n) is 12.3. The number of hydrogen-bond acceptors (Lipinski definition) is 3. The van der Waals surface area contributed by atoms with Crippen LogP contribution >= 0.6 is 0 Å². The molecule has 0 heterocycles. The molecule has 1 amide bonds. The average molecular weight is 284 g/mol. The fourth-order valence-electron chi connectivity index (χ4n) is 1.96. The van der Waals surface area contributed by atoms with Gasteiger partial charge in [-0.2, -0.15) is 0 Å². The van der Waals surface area contributed by atoms with Crippen molar-refractivity contribution < 1.29 is 9.53 Å². The zero-order valence-corrected chi connectivity index (χ0v) is 12.3. The van der Waals surface area contributed by atoms with Gasteiger partial charge in [0, 0.05) is 0 Å². The number of rotatable bonds is 5. The van der Waals surface area contributed by atoms with Crippen molar-refractivity contribution >= 4 is 5.91 Å². The van der Waals surface area contributed by atoms with Gasteiger partial charge >= 0.3 is 0 Å². The first-order valence-corrected chi connectivity index (χ1v) is 6.86. The summed E-state index contributed by atoms with van der Waals surface area (Å²) in [7, 11) is 0. The molecule has 0 aliphatic heterocycles. The van der Waals surface area contributed by atoms with Crippen LogP contribution in [0.2, 0.25) is 0 Å². The Morgan fingerprint density at radius 1 is 1.05 bits per heavy atom. The number of carbonyl (C=O) groups is 1. The van der Waals surface area contributed by atoms with E-state index in [0.717, 1.165) is 16.9 Å². The van der Waals surface area contributed by atoms with Crippen molar-refractivity contribution in [3.05, 3.63) is 64.7 Å². The molecular formula is C17H20N2O2. The molecule has 110 valence electrons. The Balaban J connectivity index is 1.94. The summed E-state index contributed by atoms with van der Waals surface area (Å²) in [5.41, 5.74) is 6.58. The summed E-state index contributed by atoms with van der Waals surface area (Å²) in [5, 5.41) is 0. The largest absolute Gasteiger partial charge is 0.489 e. The van der Waals surface area contributed by atoms with E-state index in [2.05, 4.69) is 25.3 Å². The second-order valence-corrected chi connectivity index (χ2v) is 5.10. The lowest BCUT2D eigenvalue weighted by molar-refractivity contribution is -0.120. The second-order valence-electron chi connectivity index (χ2n) is 5.10. The van der Waals surface area contributed by atoms with Crippen molar-refractivity contribution in [2.45, 2.75) is 26.9 Å². The van der Waals surface area contributed by atoms with Crippen LogP contribution in [0.4, 0.5) is 0 Å². The Morgan fingerprint density at radius 3 is 2.33 bits per heavy atom. The summed E-state index contributed by atoms with van der Waals surface area (Å²) in [5.74, 6) is 5.73. The monoisotopic (exact) mass is 284 g/mol. The Morgan fingerprint density at radius 2 is 1.71 bits per heavy atom. The molecule has 2 aromatic carbocycles. The predicted molar refractivity (Wildman–Crippen MR) is 82.7 cm³/mol. The normalized spacial score (nSPS) is 10.2. The van der Waals surface area contributed by atoms with Gasteiger partial charge in [-0.05, 0) is 48.2 Å². The number of ether oxygens (including phenoxy) is 1. The van der Waals surface area contributed by atoms with Gasteiger partial charge in [-0.3, -0.25) is 10.2 Å². The first-order chi connectivity index (χ1) is 10.1. The zero-order chi connectivity index (χ0) is 15.2. The van der Waals surface area contributed by atoms with Crippen LogP contribution in [0.25, 0.3) is 0 Å². The molecule has 0 aliphatic carbocycles. The number of benzene rings is 2. The highest BCUT2D eigenvalue weighted by atomic mass is 16.5. The van der Waals surface area contributed by atoms with E-state index in [-0.39, 0.29) is 12.3 Å². The fourth-order valence-corrected chi connectivity index (χ4v) is 1.96. The number of nitrogens with one attached hydrogen (secondary N) is 1. The fraction of sp³-hybridized carbons (Fsp3) is 0.235. The molecule has 0 radical (unpaired) electrons. The van der Waals surface area contributed by atoms with Gasteiger partial charge in [0.05, 0.1) is 6.42 Å². The maximum absolute atomic E-state index is 11.2. The molecule has 21 heavy (non-hydrogen) atoms.